The Kier molecular flexibility index (Phi) is 7.16. The van der Waals surface area contributed by atoms with Crippen LogP contribution in [-0.2, 0) is 18.4 Å². The number of anilines is 1. The standard InChI is InChI=1S/C30H31Cl2N7O3/c1-16-11-20-13-21(41-15-22-27(35-42-28(22)17-9-10-17)26-23(31)7-4-8-24(26)32)14-25(16)39(20)30(40)33-19-6-3-5-18(12-19)29-34-36-37-38(29)2/h3-8,12,16-17,20-21,25H,9-11,13-15H2,1-2H3,(H,33,40)/t16-,20?,21+,25?/m1/s1. The first-order valence-corrected chi connectivity index (χ1v) is 15.1. The highest BCUT2D eigenvalue weighted by atomic mass is 35.5. The topological polar surface area (TPSA) is 111 Å². The molecule has 2 amide bonds. The molecule has 2 aromatic heterocycles. The molecule has 2 bridgehead atoms. The second kappa shape index (κ2) is 11.0. The van der Waals surface area contributed by atoms with Crippen molar-refractivity contribution in [3.63, 3.8) is 0 Å². The number of carbonyl (C=O) groups is 1. The van der Waals surface area contributed by atoms with E-state index in [9.17, 15) is 4.79 Å². The van der Waals surface area contributed by atoms with Gasteiger partial charge in [0.05, 0.1) is 22.8 Å². The van der Waals surface area contributed by atoms with E-state index in [1.54, 1.807) is 11.7 Å². The zero-order chi connectivity index (χ0) is 29.0. The number of tetrazole rings is 1. The second-order valence-electron chi connectivity index (χ2n) is 11.6. The number of hydrogen-bond acceptors (Lipinski definition) is 7. The molecule has 42 heavy (non-hydrogen) atoms. The van der Waals surface area contributed by atoms with E-state index in [4.69, 9.17) is 32.5 Å². The van der Waals surface area contributed by atoms with Gasteiger partial charge in [0.25, 0.3) is 0 Å². The lowest BCUT2D eigenvalue weighted by molar-refractivity contribution is -0.0181. The normalized spacial score (nSPS) is 23.4. The molecular weight excluding hydrogens is 577 g/mol. The lowest BCUT2D eigenvalue weighted by atomic mass is 9.97. The van der Waals surface area contributed by atoms with E-state index in [2.05, 4.69) is 32.9 Å². The minimum Gasteiger partial charge on any atom is -0.373 e. The highest BCUT2D eigenvalue weighted by molar-refractivity contribution is 6.39. The van der Waals surface area contributed by atoms with Crippen LogP contribution in [0.2, 0.25) is 10.0 Å². The van der Waals surface area contributed by atoms with E-state index in [0.29, 0.717) is 51.3 Å². The van der Waals surface area contributed by atoms with E-state index >= 15 is 0 Å². The van der Waals surface area contributed by atoms with Crippen LogP contribution in [0, 0.1) is 5.92 Å². The van der Waals surface area contributed by atoms with Crippen molar-refractivity contribution in [2.24, 2.45) is 13.0 Å². The average molecular weight is 609 g/mol. The molecular formula is C30H31Cl2N7O3. The van der Waals surface area contributed by atoms with Gasteiger partial charge in [0.2, 0.25) is 0 Å². The first kappa shape index (κ1) is 27.4. The van der Waals surface area contributed by atoms with Crippen molar-refractivity contribution in [1.82, 2.24) is 30.3 Å². The van der Waals surface area contributed by atoms with Crippen LogP contribution in [0.4, 0.5) is 10.5 Å². The molecule has 2 aliphatic heterocycles. The summed E-state index contributed by atoms with van der Waals surface area (Å²) in [6, 6.07) is 13.1. The summed E-state index contributed by atoms with van der Waals surface area (Å²) in [6.07, 6.45) is 4.64. The minimum absolute atomic E-state index is 0.0114. The molecule has 12 heteroatoms. The number of rotatable bonds is 7. The molecule has 3 fully saturated rings. The maximum absolute atomic E-state index is 13.6. The summed E-state index contributed by atoms with van der Waals surface area (Å²) < 4.78 is 14.0. The van der Waals surface area contributed by atoms with Crippen LogP contribution in [0.3, 0.4) is 0 Å². The second-order valence-corrected chi connectivity index (χ2v) is 12.4. The van der Waals surface area contributed by atoms with Gasteiger partial charge >= 0.3 is 6.03 Å². The zero-order valence-electron chi connectivity index (χ0n) is 23.3. The smallest absolute Gasteiger partial charge is 0.322 e. The maximum atomic E-state index is 13.6. The van der Waals surface area contributed by atoms with Crippen molar-refractivity contribution in [3.05, 3.63) is 63.8 Å². The van der Waals surface area contributed by atoms with Crippen molar-refractivity contribution in [3.8, 4) is 22.6 Å². The summed E-state index contributed by atoms with van der Waals surface area (Å²) in [7, 11) is 1.79. The number of fused-ring (bicyclic) bond motifs is 2. The summed E-state index contributed by atoms with van der Waals surface area (Å²) in [5, 5.41) is 20.3. The predicted molar refractivity (Wildman–Crippen MR) is 158 cm³/mol. The van der Waals surface area contributed by atoms with Crippen LogP contribution in [0.5, 0.6) is 0 Å². The van der Waals surface area contributed by atoms with E-state index in [1.807, 2.05) is 47.4 Å². The van der Waals surface area contributed by atoms with Gasteiger partial charge < -0.3 is 19.5 Å². The summed E-state index contributed by atoms with van der Waals surface area (Å²) in [5.74, 6) is 2.24. The van der Waals surface area contributed by atoms with E-state index < -0.39 is 0 Å². The van der Waals surface area contributed by atoms with E-state index in [0.717, 1.165) is 49.0 Å². The number of aryl methyl sites for hydroxylation is 1. The van der Waals surface area contributed by atoms with Gasteiger partial charge in [-0.25, -0.2) is 9.48 Å². The molecule has 4 atom stereocenters. The Hall–Kier alpha value is -3.47. The highest BCUT2D eigenvalue weighted by Gasteiger charge is 2.47. The molecule has 4 aromatic rings. The minimum atomic E-state index is -0.0910. The lowest BCUT2D eigenvalue weighted by Gasteiger charge is -2.39. The third-order valence-corrected chi connectivity index (χ3v) is 9.38. The molecule has 2 saturated heterocycles. The number of piperidine rings is 1. The van der Waals surface area contributed by atoms with Gasteiger partial charge in [0, 0.05) is 47.4 Å². The van der Waals surface area contributed by atoms with Gasteiger partial charge in [-0.15, -0.1) is 5.10 Å². The summed E-state index contributed by atoms with van der Waals surface area (Å²) in [4.78, 5) is 15.6. The first-order valence-electron chi connectivity index (χ1n) is 14.3. The van der Waals surface area contributed by atoms with Gasteiger partial charge in [-0.2, -0.15) is 0 Å². The third kappa shape index (κ3) is 5.05. The summed E-state index contributed by atoms with van der Waals surface area (Å²) in [5.41, 5.74) is 3.79. The lowest BCUT2D eigenvalue weighted by Crippen LogP contribution is -2.51. The van der Waals surface area contributed by atoms with Crippen LogP contribution < -0.4 is 5.32 Å². The van der Waals surface area contributed by atoms with Crippen molar-refractivity contribution in [1.29, 1.82) is 0 Å². The Morgan fingerprint density at radius 1 is 1.12 bits per heavy atom. The Balaban J connectivity index is 1.05. The molecule has 1 saturated carbocycles. The van der Waals surface area contributed by atoms with Crippen LogP contribution in [0.25, 0.3) is 22.6 Å². The number of halogens is 2. The number of nitrogens with one attached hydrogen (secondary N) is 1. The van der Waals surface area contributed by atoms with Crippen LogP contribution in [0.1, 0.15) is 56.3 Å². The number of aromatic nitrogens is 5. The molecule has 2 aromatic carbocycles. The van der Waals surface area contributed by atoms with E-state index in [-0.39, 0.29) is 24.2 Å². The molecule has 2 unspecified atom stereocenters. The quantitative estimate of drug-likeness (QED) is 0.248. The fraction of sp³-hybridized carbons (Fsp3) is 0.433. The monoisotopic (exact) mass is 607 g/mol. The number of hydrogen-bond donors (Lipinski definition) is 1. The third-order valence-electron chi connectivity index (χ3n) is 8.75. The molecule has 1 aliphatic carbocycles. The Morgan fingerprint density at radius 3 is 2.62 bits per heavy atom. The molecule has 4 heterocycles. The molecule has 0 spiro atoms. The van der Waals surface area contributed by atoms with Crippen LogP contribution in [-0.4, -0.2) is 54.5 Å². The first-order chi connectivity index (χ1) is 20.4. The highest BCUT2D eigenvalue weighted by Crippen LogP contribution is 2.47. The fourth-order valence-electron chi connectivity index (χ4n) is 6.57. The Labute approximate surface area is 253 Å². The number of benzene rings is 2. The molecule has 7 rings (SSSR count). The molecule has 1 N–H and O–H groups in total. The Morgan fingerprint density at radius 2 is 1.90 bits per heavy atom. The fourth-order valence-corrected chi connectivity index (χ4v) is 7.15. The summed E-state index contributed by atoms with van der Waals surface area (Å²) >= 11 is 13.1. The van der Waals surface area contributed by atoms with E-state index in [1.165, 1.54) is 0 Å². The maximum Gasteiger partial charge on any atom is 0.322 e. The van der Waals surface area contributed by atoms with Gasteiger partial charge in [-0.1, -0.05) is 53.5 Å². The van der Waals surface area contributed by atoms with Gasteiger partial charge in [-0.3, -0.25) is 0 Å². The zero-order valence-corrected chi connectivity index (χ0v) is 24.8. The van der Waals surface area contributed by atoms with Crippen LogP contribution in [0.15, 0.2) is 47.0 Å². The number of amides is 2. The number of urea groups is 1. The van der Waals surface area contributed by atoms with Gasteiger partial charge in [-0.05, 0) is 72.7 Å². The number of ether oxygens (including phenoxy) is 1. The molecule has 0 radical (unpaired) electrons. The van der Waals surface area contributed by atoms with Gasteiger partial charge in [0.15, 0.2) is 5.82 Å². The Bertz CT molecular complexity index is 1610. The molecule has 10 nitrogen and oxygen atoms in total. The van der Waals surface area contributed by atoms with Crippen molar-refractivity contribution in [2.45, 2.75) is 69.7 Å². The van der Waals surface area contributed by atoms with Crippen LogP contribution >= 0.6 is 23.2 Å². The number of nitrogens with zero attached hydrogens (tertiary/aromatic N) is 6. The molecule has 218 valence electrons. The SMILES string of the molecule is C[C@@H]1CC2C[C@H](OCc3c(-c4c(Cl)cccc4Cl)noc3C3CC3)CC1N2C(=O)Nc1cccc(-c2nnnn2C)c1. The van der Waals surface area contributed by atoms with Crippen molar-refractivity contribution in [2.75, 3.05) is 5.32 Å². The van der Waals surface area contributed by atoms with Crippen molar-refractivity contribution >= 4 is 34.9 Å². The largest absolute Gasteiger partial charge is 0.373 e. The average Bonchev–Trinajstić information content (AvgIpc) is 3.52. The van der Waals surface area contributed by atoms with Gasteiger partial charge in [0.1, 0.15) is 11.5 Å². The number of carbonyl (C=O) groups excluding carboxylic acids is 1. The summed E-state index contributed by atoms with van der Waals surface area (Å²) in [6.45, 7) is 2.58. The van der Waals surface area contributed by atoms with Crippen molar-refractivity contribution < 1.29 is 14.1 Å². The predicted octanol–water partition coefficient (Wildman–Crippen LogP) is 6.71. The molecule has 3 aliphatic rings.